The number of carbonyl (C=O) groups excluding carboxylic acids is 1. The third-order valence-corrected chi connectivity index (χ3v) is 7.08. The van der Waals surface area contributed by atoms with Gasteiger partial charge < -0.3 is 14.5 Å². The van der Waals surface area contributed by atoms with Gasteiger partial charge >= 0.3 is 0 Å². The lowest BCUT2D eigenvalue weighted by Crippen LogP contribution is -2.37. The van der Waals surface area contributed by atoms with Crippen LogP contribution in [0.15, 0.2) is 28.8 Å². The van der Waals surface area contributed by atoms with E-state index in [4.69, 9.17) is 9.63 Å². The van der Waals surface area contributed by atoms with Crippen molar-refractivity contribution in [2.24, 2.45) is 0 Å². The number of carbonyl (C=O) groups is 1. The van der Waals surface area contributed by atoms with Gasteiger partial charge in [-0.05, 0) is 44.7 Å². The van der Waals surface area contributed by atoms with Crippen LogP contribution in [0.5, 0.6) is 0 Å². The first-order valence-corrected chi connectivity index (χ1v) is 11.2. The molecule has 1 N–H and O–H groups in total. The summed E-state index contributed by atoms with van der Waals surface area (Å²) in [6.07, 6.45) is 3.14. The molecule has 3 heterocycles. The van der Waals surface area contributed by atoms with Crippen LogP contribution in [0, 0.1) is 25.7 Å². The van der Waals surface area contributed by atoms with Gasteiger partial charge in [-0.15, -0.1) is 11.8 Å². The standard InChI is InChI=1S/C23H26N2O3S/c1-15-21(16(2)28-24-15)13-29-14-23(27)25-18-9-10-22(25)20(12-18)19-8-4-3-6-17(19)7-5-11-26/h3-4,6,8,18,20,22,26H,9-14H2,1-2H3. The smallest absolute Gasteiger partial charge is 0.233 e. The molecule has 2 bridgehead atoms. The number of fused-ring (bicyclic) bond motifs is 2. The first-order valence-electron chi connectivity index (χ1n) is 10.1. The number of aromatic nitrogens is 1. The third kappa shape index (κ3) is 3.94. The van der Waals surface area contributed by atoms with E-state index >= 15 is 0 Å². The van der Waals surface area contributed by atoms with Gasteiger partial charge in [-0.25, -0.2) is 0 Å². The minimum absolute atomic E-state index is 0.141. The van der Waals surface area contributed by atoms with Crippen molar-refractivity contribution in [3.63, 3.8) is 0 Å². The second-order valence-corrected chi connectivity index (χ2v) is 8.77. The summed E-state index contributed by atoms with van der Waals surface area (Å²) in [5.41, 5.74) is 4.19. The molecule has 6 heteroatoms. The van der Waals surface area contributed by atoms with Crippen LogP contribution < -0.4 is 0 Å². The van der Waals surface area contributed by atoms with E-state index in [1.165, 1.54) is 5.56 Å². The average Bonchev–Trinajstić information content (AvgIpc) is 3.40. The van der Waals surface area contributed by atoms with Crippen LogP contribution in [-0.2, 0) is 10.5 Å². The third-order valence-electron chi connectivity index (χ3n) is 6.14. The Morgan fingerprint density at radius 2 is 2.17 bits per heavy atom. The highest BCUT2D eigenvalue weighted by Gasteiger charge is 2.49. The molecule has 2 saturated heterocycles. The van der Waals surface area contributed by atoms with Gasteiger partial charge in [0.15, 0.2) is 0 Å². The fourth-order valence-electron chi connectivity index (χ4n) is 4.80. The van der Waals surface area contributed by atoms with Crippen molar-refractivity contribution >= 4 is 17.7 Å². The highest BCUT2D eigenvalue weighted by Crippen LogP contribution is 2.47. The van der Waals surface area contributed by atoms with Crippen molar-refractivity contribution in [3.05, 3.63) is 52.4 Å². The Morgan fingerprint density at radius 1 is 1.34 bits per heavy atom. The number of benzene rings is 1. The van der Waals surface area contributed by atoms with Crippen molar-refractivity contribution in [2.75, 3.05) is 12.4 Å². The van der Waals surface area contributed by atoms with Crippen LogP contribution in [0.1, 0.15) is 53.3 Å². The number of nitrogens with zero attached hydrogens (tertiary/aromatic N) is 2. The van der Waals surface area contributed by atoms with E-state index in [1.807, 2.05) is 32.0 Å². The summed E-state index contributed by atoms with van der Waals surface area (Å²) in [6, 6.07) is 8.74. The van der Waals surface area contributed by atoms with Gasteiger partial charge in [0.2, 0.25) is 5.91 Å². The number of aliphatic hydroxyl groups is 1. The topological polar surface area (TPSA) is 66.6 Å². The predicted molar refractivity (Wildman–Crippen MR) is 114 cm³/mol. The number of aryl methyl sites for hydroxylation is 2. The lowest BCUT2D eigenvalue weighted by molar-refractivity contribution is -0.129. The molecule has 152 valence electrons. The first kappa shape index (κ1) is 20.1. The number of hydrogen-bond acceptors (Lipinski definition) is 5. The zero-order chi connectivity index (χ0) is 20.4. The van der Waals surface area contributed by atoms with Crippen LogP contribution in [-0.4, -0.2) is 45.5 Å². The largest absolute Gasteiger partial charge is 0.384 e. The molecule has 29 heavy (non-hydrogen) atoms. The Balaban J connectivity index is 1.44. The fraction of sp³-hybridized carbons (Fsp3) is 0.478. The normalized spacial score (nSPS) is 22.6. The summed E-state index contributed by atoms with van der Waals surface area (Å²) in [5, 5.41) is 13.0. The Bertz CT molecular complexity index is 939. The van der Waals surface area contributed by atoms with Crippen molar-refractivity contribution in [3.8, 4) is 11.8 Å². The Labute approximate surface area is 175 Å². The van der Waals surface area contributed by atoms with Crippen molar-refractivity contribution in [2.45, 2.75) is 56.9 Å². The van der Waals surface area contributed by atoms with E-state index in [1.54, 1.807) is 11.8 Å². The Hall–Kier alpha value is -2.23. The molecule has 4 rings (SSSR count). The zero-order valence-electron chi connectivity index (χ0n) is 16.9. The monoisotopic (exact) mass is 410 g/mol. The number of hydrogen-bond donors (Lipinski definition) is 1. The second-order valence-electron chi connectivity index (χ2n) is 7.78. The maximum Gasteiger partial charge on any atom is 0.233 e. The molecule has 1 amide bonds. The van der Waals surface area contributed by atoms with Gasteiger partial charge in [0.1, 0.15) is 12.4 Å². The van der Waals surface area contributed by atoms with E-state index in [-0.39, 0.29) is 18.6 Å². The summed E-state index contributed by atoms with van der Waals surface area (Å²) in [6.45, 7) is 3.72. The summed E-state index contributed by atoms with van der Waals surface area (Å²) in [4.78, 5) is 15.2. The molecule has 1 aromatic carbocycles. The molecule has 0 aliphatic carbocycles. The number of amides is 1. The Morgan fingerprint density at radius 3 is 2.93 bits per heavy atom. The van der Waals surface area contributed by atoms with Crippen LogP contribution in [0.25, 0.3) is 0 Å². The predicted octanol–water partition coefficient (Wildman–Crippen LogP) is 3.42. The summed E-state index contributed by atoms with van der Waals surface area (Å²) >= 11 is 1.64. The van der Waals surface area contributed by atoms with Gasteiger partial charge in [-0.1, -0.05) is 35.2 Å². The molecule has 2 aliphatic rings. The molecule has 0 spiro atoms. The average molecular weight is 411 g/mol. The van der Waals surface area contributed by atoms with Gasteiger partial charge in [-0.2, -0.15) is 0 Å². The molecule has 3 atom stereocenters. The highest BCUT2D eigenvalue weighted by molar-refractivity contribution is 7.99. The molecular weight excluding hydrogens is 384 g/mol. The summed E-state index contributed by atoms with van der Waals surface area (Å²) in [7, 11) is 0. The maximum atomic E-state index is 13.0. The van der Waals surface area contributed by atoms with Crippen molar-refractivity contribution < 1.29 is 14.4 Å². The minimum atomic E-state index is -0.141. The molecule has 2 fully saturated rings. The molecular formula is C23H26N2O3S. The summed E-state index contributed by atoms with van der Waals surface area (Å²) in [5.74, 6) is 8.48. The van der Waals surface area contributed by atoms with Gasteiger partial charge in [0.05, 0.1) is 11.4 Å². The van der Waals surface area contributed by atoms with E-state index in [0.717, 1.165) is 47.6 Å². The molecule has 1 aromatic heterocycles. The lowest BCUT2D eigenvalue weighted by atomic mass is 9.82. The van der Waals surface area contributed by atoms with Crippen LogP contribution in [0.4, 0.5) is 0 Å². The lowest BCUT2D eigenvalue weighted by Gasteiger charge is -2.25. The second kappa shape index (κ2) is 8.64. The highest BCUT2D eigenvalue weighted by atomic mass is 32.2. The number of aliphatic hydroxyl groups excluding tert-OH is 1. The van der Waals surface area contributed by atoms with Crippen molar-refractivity contribution in [1.29, 1.82) is 0 Å². The quantitative estimate of drug-likeness (QED) is 0.765. The molecule has 5 nitrogen and oxygen atoms in total. The van der Waals surface area contributed by atoms with Gasteiger partial charge in [0, 0.05) is 34.9 Å². The molecule has 0 saturated carbocycles. The van der Waals surface area contributed by atoms with Crippen molar-refractivity contribution in [1.82, 2.24) is 10.1 Å². The van der Waals surface area contributed by atoms with Crippen LogP contribution in [0.2, 0.25) is 0 Å². The molecule has 2 aliphatic heterocycles. The minimum Gasteiger partial charge on any atom is -0.384 e. The van der Waals surface area contributed by atoms with Crippen LogP contribution in [0.3, 0.4) is 0 Å². The Kier molecular flexibility index (Phi) is 5.98. The first-order chi connectivity index (χ1) is 14.1. The zero-order valence-corrected chi connectivity index (χ0v) is 17.7. The number of rotatable bonds is 5. The molecule has 0 radical (unpaired) electrons. The molecule has 2 aromatic rings. The maximum absolute atomic E-state index is 13.0. The van der Waals surface area contributed by atoms with Gasteiger partial charge in [0.25, 0.3) is 0 Å². The molecule has 3 unspecified atom stereocenters. The van der Waals surface area contributed by atoms with E-state index in [9.17, 15) is 4.79 Å². The number of thioether (sulfide) groups is 1. The van der Waals surface area contributed by atoms with Crippen LogP contribution >= 0.6 is 11.8 Å². The van der Waals surface area contributed by atoms with E-state index in [2.05, 4.69) is 28.0 Å². The SMILES string of the molecule is Cc1noc(C)c1CSCC(=O)N1C2CCC1C(c1ccccc1C#CCO)C2. The van der Waals surface area contributed by atoms with E-state index in [0.29, 0.717) is 17.7 Å². The van der Waals surface area contributed by atoms with E-state index < -0.39 is 0 Å². The fourth-order valence-corrected chi connectivity index (χ4v) is 5.85. The van der Waals surface area contributed by atoms with Gasteiger partial charge in [-0.3, -0.25) is 4.79 Å². The summed E-state index contributed by atoms with van der Waals surface area (Å²) < 4.78 is 5.21.